The Bertz CT molecular complexity index is 1550. The minimum atomic E-state index is -1.01. The number of ketones is 1. The number of thiazole rings is 1. The number of anilines is 1. The van der Waals surface area contributed by atoms with Gasteiger partial charge in [0.05, 0.1) is 16.5 Å². The molecule has 0 radical (unpaired) electrons. The molecular formula is C28H21N3O6S. The third-order valence-corrected chi connectivity index (χ3v) is 6.88. The van der Waals surface area contributed by atoms with Crippen molar-refractivity contribution in [1.82, 2.24) is 4.98 Å². The highest BCUT2D eigenvalue weighted by molar-refractivity contribution is 7.14. The molecular weight excluding hydrogens is 506 g/mol. The van der Waals surface area contributed by atoms with Crippen molar-refractivity contribution in [3.05, 3.63) is 122 Å². The maximum Gasteiger partial charge on any atom is 0.301 e. The van der Waals surface area contributed by atoms with E-state index in [0.717, 1.165) is 22.5 Å². The average Bonchev–Trinajstić information content (AvgIpc) is 3.54. The maximum absolute atomic E-state index is 13.2. The van der Waals surface area contributed by atoms with Crippen molar-refractivity contribution < 1.29 is 24.4 Å². The van der Waals surface area contributed by atoms with Gasteiger partial charge in [-0.25, -0.2) is 4.98 Å². The number of amides is 1. The highest BCUT2D eigenvalue weighted by atomic mass is 32.1. The van der Waals surface area contributed by atoms with E-state index in [4.69, 9.17) is 4.74 Å². The summed E-state index contributed by atoms with van der Waals surface area (Å²) in [6, 6.07) is 19.0. The molecule has 1 atom stereocenters. The second-order valence-electron chi connectivity index (χ2n) is 8.63. The van der Waals surface area contributed by atoms with Gasteiger partial charge in [0.25, 0.3) is 11.5 Å². The number of nitro groups is 1. The molecule has 10 heteroatoms. The van der Waals surface area contributed by atoms with Crippen LogP contribution in [0.2, 0.25) is 0 Å². The highest BCUT2D eigenvalue weighted by Crippen LogP contribution is 2.43. The monoisotopic (exact) mass is 527 g/mol. The van der Waals surface area contributed by atoms with Gasteiger partial charge in [-0.05, 0) is 54.4 Å². The molecule has 9 nitrogen and oxygen atoms in total. The van der Waals surface area contributed by atoms with E-state index in [9.17, 15) is 24.8 Å². The van der Waals surface area contributed by atoms with Gasteiger partial charge in [-0.3, -0.25) is 24.6 Å². The number of ether oxygens (including phenoxy) is 1. The number of aliphatic hydroxyl groups excluding tert-OH is 1. The zero-order chi connectivity index (χ0) is 26.8. The van der Waals surface area contributed by atoms with Crippen LogP contribution in [0.1, 0.15) is 28.3 Å². The third kappa shape index (κ3) is 4.76. The number of non-ortho nitro benzene ring substituents is 1. The molecule has 3 aromatic carbocycles. The van der Waals surface area contributed by atoms with Gasteiger partial charge in [0.15, 0.2) is 5.13 Å². The van der Waals surface area contributed by atoms with Crippen molar-refractivity contribution in [2.24, 2.45) is 0 Å². The lowest BCUT2D eigenvalue weighted by Gasteiger charge is -2.22. The summed E-state index contributed by atoms with van der Waals surface area (Å²) >= 11 is 1.16. The summed E-state index contributed by atoms with van der Waals surface area (Å²) in [6.45, 7) is 2.37. The minimum Gasteiger partial charge on any atom is -0.507 e. The molecule has 1 N–H and O–H groups in total. The van der Waals surface area contributed by atoms with E-state index in [-0.39, 0.29) is 22.2 Å². The molecule has 1 aromatic heterocycles. The van der Waals surface area contributed by atoms with Crippen LogP contribution in [0.25, 0.3) is 5.76 Å². The first-order chi connectivity index (χ1) is 18.3. The van der Waals surface area contributed by atoms with Crippen LogP contribution in [0.3, 0.4) is 0 Å². The Morgan fingerprint density at radius 1 is 1.11 bits per heavy atom. The summed E-state index contributed by atoms with van der Waals surface area (Å²) in [4.78, 5) is 42.2. The van der Waals surface area contributed by atoms with Crippen LogP contribution in [-0.4, -0.2) is 26.7 Å². The third-order valence-electron chi connectivity index (χ3n) is 6.11. The second kappa shape index (κ2) is 10.3. The first-order valence-electron chi connectivity index (χ1n) is 11.6. The number of hydrogen-bond acceptors (Lipinski definition) is 8. The van der Waals surface area contributed by atoms with Crippen molar-refractivity contribution in [1.29, 1.82) is 0 Å². The van der Waals surface area contributed by atoms with Crippen LogP contribution in [0.4, 0.5) is 10.8 Å². The molecule has 0 spiro atoms. The summed E-state index contributed by atoms with van der Waals surface area (Å²) in [6.07, 6.45) is 1.50. The van der Waals surface area contributed by atoms with Gasteiger partial charge in [-0.1, -0.05) is 29.8 Å². The van der Waals surface area contributed by atoms with E-state index < -0.39 is 22.7 Å². The number of rotatable bonds is 7. The Labute approximate surface area is 221 Å². The quantitative estimate of drug-likeness (QED) is 0.110. The highest BCUT2D eigenvalue weighted by Gasteiger charge is 2.48. The number of Topliss-reactive ketones (excluding diaryl/α,β-unsaturated/α-hetero) is 1. The van der Waals surface area contributed by atoms with E-state index in [2.05, 4.69) is 4.98 Å². The normalized spacial score (nSPS) is 16.6. The fourth-order valence-electron chi connectivity index (χ4n) is 4.29. The van der Waals surface area contributed by atoms with Gasteiger partial charge >= 0.3 is 5.91 Å². The minimum absolute atomic E-state index is 0.132. The lowest BCUT2D eigenvalue weighted by molar-refractivity contribution is -0.384. The lowest BCUT2D eigenvalue weighted by atomic mass is 9.95. The summed E-state index contributed by atoms with van der Waals surface area (Å²) in [5.41, 5.74) is 2.61. The van der Waals surface area contributed by atoms with E-state index in [1.165, 1.54) is 35.4 Å². The van der Waals surface area contributed by atoms with Crippen LogP contribution in [-0.2, 0) is 16.2 Å². The zero-order valence-electron chi connectivity index (χ0n) is 20.1. The molecule has 0 bridgehead atoms. The Hall–Kier alpha value is -4.83. The van der Waals surface area contributed by atoms with Crippen LogP contribution in [0, 0.1) is 17.0 Å². The number of nitro benzene ring substituents is 1. The first kappa shape index (κ1) is 24.8. The van der Waals surface area contributed by atoms with Crippen molar-refractivity contribution in [2.75, 3.05) is 4.90 Å². The molecule has 0 aliphatic carbocycles. The molecule has 38 heavy (non-hydrogen) atoms. The van der Waals surface area contributed by atoms with Crippen molar-refractivity contribution >= 4 is 39.6 Å². The fourth-order valence-corrected chi connectivity index (χ4v) is 4.96. The Morgan fingerprint density at radius 3 is 2.47 bits per heavy atom. The van der Waals surface area contributed by atoms with Gasteiger partial charge in [0.1, 0.15) is 18.1 Å². The van der Waals surface area contributed by atoms with Gasteiger partial charge in [0, 0.05) is 29.3 Å². The van der Waals surface area contributed by atoms with Gasteiger partial charge in [-0.15, -0.1) is 11.3 Å². The van der Waals surface area contributed by atoms with Crippen molar-refractivity contribution in [3.8, 4) is 5.75 Å². The van der Waals surface area contributed by atoms with Gasteiger partial charge in [0.2, 0.25) is 0 Å². The standard InChI is InChI=1S/C28H21N3O6S/c1-17-3-2-4-18(15-17)16-37-22-11-7-20(8-12-22)25(32)23-24(19-5-9-21(10-6-19)31(35)36)30(27(34)26(23)33)28-29-13-14-38-28/h2-15,24,32H,16H2,1H3/b25-23+/t24-/m0/s1. The second-order valence-corrected chi connectivity index (χ2v) is 9.51. The SMILES string of the molecule is Cc1cccc(COc2ccc(/C(O)=C3\C(=O)C(=O)N(c4nccs4)[C@H]3c3ccc([N+](=O)[O-])cc3)cc2)c1. The molecule has 1 saturated heterocycles. The van der Waals surface area contributed by atoms with Crippen LogP contribution < -0.4 is 9.64 Å². The number of aromatic nitrogens is 1. The molecule has 4 aromatic rings. The fraction of sp³-hybridized carbons (Fsp3) is 0.107. The number of aryl methyl sites for hydroxylation is 1. The predicted molar refractivity (Wildman–Crippen MR) is 142 cm³/mol. The zero-order valence-corrected chi connectivity index (χ0v) is 20.9. The topological polar surface area (TPSA) is 123 Å². The Morgan fingerprint density at radius 2 is 1.84 bits per heavy atom. The maximum atomic E-state index is 13.2. The van der Waals surface area contributed by atoms with E-state index in [1.807, 2.05) is 31.2 Å². The molecule has 1 aliphatic heterocycles. The van der Waals surface area contributed by atoms with Crippen molar-refractivity contribution in [2.45, 2.75) is 19.6 Å². The van der Waals surface area contributed by atoms with Crippen LogP contribution in [0.5, 0.6) is 5.75 Å². The summed E-state index contributed by atoms with van der Waals surface area (Å²) < 4.78 is 5.84. The van der Waals surface area contributed by atoms with Gasteiger partial charge in [-0.2, -0.15) is 0 Å². The van der Waals surface area contributed by atoms with E-state index in [0.29, 0.717) is 23.5 Å². The molecule has 0 unspecified atom stereocenters. The van der Waals surface area contributed by atoms with Crippen LogP contribution >= 0.6 is 11.3 Å². The molecule has 1 fully saturated rings. The molecule has 1 amide bonds. The molecule has 190 valence electrons. The molecule has 5 rings (SSSR count). The molecule has 1 aliphatic rings. The van der Waals surface area contributed by atoms with Crippen molar-refractivity contribution in [3.63, 3.8) is 0 Å². The number of carbonyl (C=O) groups excluding carboxylic acids is 2. The number of carbonyl (C=O) groups is 2. The predicted octanol–water partition coefficient (Wildman–Crippen LogP) is 5.57. The molecule has 2 heterocycles. The Balaban J connectivity index is 1.50. The summed E-state index contributed by atoms with van der Waals surface area (Å²) in [5, 5.41) is 24.3. The van der Waals surface area contributed by atoms with E-state index >= 15 is 0 Å². The summed E-state index contributed by atoms with van der Waals surface area (Å²) in [5.74, 6) is -1.52. The largest absolute Gasteiger partial charge is 0.507 e. The number of aliphatic hydroxyl groups is 1. The van der Waals surface area contributed by atoms with Gasteiger partial charge < -0.3 is 9.84 Å². The lowest BCUT2D eigenvalue weighted by Crippen LogP contribution is -2.29. The molecule has 0 saturated carbocycles. The number of hydrogen-bond donors (Lipinski definition) is 1. The Kier molecular flexibility index (Phi) is 6.71. The summed E-state index contributed by atoms with van der Waals surface area (Å²) in [7, 11) is 0. The number of nitrogens with zero attached hydrogens (tertiary/aromatic N) is 3. The smallest absolute Gasteiger partial charge is 0.301 e. The van der Waals surface area contributed by atoms with E-state index in [1.54, 1.807) is 29.6 Å². The first-order valence-corrected chi connectivity index (χ1v) is 12.4. The number of benzene rings is 3. The average molecular weight is 528 g/mol. The van der Waals surface area contributed by atoms with Crippen LogP contribution in [0.15, 0.2) is 89.9 Å².